The minimum absolute atomic E-state index is 0.498. The fraction of sp³-hybridized carbons (Fsp3) is 0.350. The number of nitrogens with zero attached hydrogens (tertiary/aromatic N) is 4. The van der Waals surface area contributed by atoms with Crippen LogP contribution in [-0.4, -0.2) is 40.6 Å². The van der Waals surface area contributed by atoms with Gasteiger partial charge in [-0.1, -0.05) is 30.3 Å². The van der Waals surface area contributed by atoms with Gasteiger partial charge in [0.05, 0.1) is 12.8 Å². The summed E-state index contributed by atoms with van der Waals surface area (Å²) in [5.41, 5.74) is 3.65. The molecule has 1 aliphatic heterocycles. The molecular formula is C20H23N5O. The van der Waals surface area contributed by atoms with Gasteiger partial charge in [-0.15, -0.1) is 10.2 Å². The molecule has 0 radical (unpaired) electrons. The van der Waals surface area contributed by atoms with Crippen LogP contribution in [0.2, 0.25) is 0 Å². The van der Waals surface area contributed by atoms with Gasteiger partial charge in [-0.05, 0) is 30.5 Å². The summed E-state index contributed by atoms with van der Waals surface area (Å²) >= 11 is 0. The van der Waals surface area contributed by atoms with Crippen molar-refractivity contribution < 1.29 is 4.74 Å². The van der Waals surface area contributed by atoms with Crippen LogP contribution in [0.15, 0.2) is 48.5 Å². The number of aromatic nitrogens is 4. The number of piperidine rings is 1. The van der Waals surface area contributed by atoms with Crippen molar-refractivity contribution in [2.45, 2.75) is 25.2 Å². The highest BCUT2D eigenvalue weighted by atomic mass is 16.5. The highest BCUT2D eigenvalue weighted by Crippen LogP contribution is 2.29. The summed E-state index contributed by atoms with van der Waals surface area (Å²) in [6.07, 6.45) is 3.04. The molecule has 26 heavy (non-hydrogen) atoms. The predicted molar refractivity (Wildman–Crippen MR) is 101 cm³/mol. The molecule has 0 aliphatic carbocycles. The molecular weight excluding hydrogens is 326 g/mol. The number of hydrogen-bond donors (Lipinski definition) is 1. The van der Waals surface area contributed by atoms with E-state index < -0.39 is 0 Å². The normalized spacial score (nSPS) is 15.2. The first kappa shape index (κ1) is 16.6. The first-order valence-corrected chi connectivity index (χ1v) is 9.02. The summed E-state index contributed by atoms with van der Waals surface area (Å²) in [6.45, 7) is 1.93. The lowest BCUT2D eigenvalue weighted by Gasteiger charge is -2.31. The van der Waals surface area contributed by atoms with Crippen LogP contribution in [-0.2, 0) is 6.42 Å². The van der Waals surface area contributed by atoms with Gasteiger partial charge in [-0.3, -0.25) is 5.10 Å². The van der Waals surface area contributed by atoms with Gasteiger partial charge in [-0.25, -0.2) is 0 Å². The van der Waals surface area contributed by atoms with Gasteiger partial charge in [0.15, 0.2) is 5.82 Å². The standard InChI is InChI=1S/C20H23N5O/c1-26-20-8-7-19(23-24-20)25-11-9-16(10-12-25)18-14-17(21-22-18)13-15-5-3-2-4-6-15/h2-8,14,16H,9-13H2,1H3,(H,21,22). The van der Waals surface area contributed by atoms with Gasteiger partial charge in [-0.2, -0.15) is 5.10 Å². The molecule has 6 nitrogen and oxygen atoms in total. The maximum atomic E-state index is 5.07. The van der Waals surface area contributed by atoms with Crippen molar-refractivity contribution in [3.05, 3.63) is 65.5 Å². The van der Waals surface area contributed by atoms with E-state index in [2.05, 4.69) is 55.6 Å². The Labute approximate surface area is 153 Å². The predicted octanol–water partition coefficient (Wildman–Crippen LogP) is 3.18. The van der Waals surface area contributed by atoms with Gasteiger partial charge in [0.1, 0.15) is 0 Å². The zero-order chi connectivity index (χ0) is 17.8. The van der Waals surface area contributed by atoms with E-state index >= 15 is 0 Å². The van der Waals surface area contributed by atoms with E-state index in [0.717, 1.165) is 38.2 Å². The highest BCUT2D eigenvalue weighted by Gasteiger charge is 2.23. The van der Waals surface area contributed by atoms with Crippen LogP contribution >= 0.6 is 0 Å². The van der Waals surface area contributed by atoms with Crippen LogP contribution in [0.3, 0.4) is 0 Å². The van der Waals surface area contributed by atoms with Crippen molar-refractivity contribution >= 4 is 5.82 Å². The second-order valence-corrected chi connectivity index (χ2v) is 6.68. The van der Waals surface area contributed by atoms with Gasteiger partial charge in [0.25, 0.3) is 0 Å². The Morgan fingerprint density at radius 2 is 1.88 bits per heavy atom. The summed E-state index contributed by atoms with van der Waals surface area (Å²) < 4.78 is 5.07. The summed E-state index contributed by atoms with van der Waals surface area (Å²) in [6, 6.07) is 16.5. The molecule has 0 unspecified atom stereocenters. The third-order valence-electron chi connectivity index (χ3n) is 4.96. The number of nitrogens with one attached hydrogen (secondary N) is 1. The summed E-state index contributed by atoms with van der Waals surface area (Å²) in [7, 11) is 1.60. The molecule has 0 bridgehead atoms. The highest BCUT2D eigenvalue weighted by molar-refractivity contribution is 5.39. The topological polar surface area (TPSA) is 66.9 Å². The van der Waals surface area contributed by atoms with E-state index in [9.17, 15) is 0 Å². The van der Waals surface area contributed by atoms with Crippen LogP contribution in [0.1, 0.15) is 35.7 Å². The van der Waals surface area contributed by atoms with Gasteiger partial charge in [0, 0.05) is 37.2 Å². The third-order valence-corrected chi connectivity index (χ3v) is 4.96. The van der Waals surface area contributed by atoms with Gasteiger partial charge >= 0.3 is 0 Å². The molecule has 1 aromatic carbocycles. The summed E-state index contributed by atoms with van der Waals surface area (Å²) in [5.74, 6) is 1.96. The molecule has 1 fully saturated rings. The summed E-state index contributed by atoms with van der Waals surface area (Å²) in [5, 5.41) is 16.1. The molecule has 6 heteroatoms. The van der Waals surface area contributed by atoms with E-state index in [1.807, 2.05) is 18.2 Å². The van der Waals surface area contributed by atoms with Gasteiger partial charge < -0.3 is 9.64 Å². The second-order valence-electron chi connectivity index (χ2n) is 6.68. The van der Waals surface area contributed by atoms with E-state index in [1.54, 1.807) is 7.11 Å². The molecule has 0 atom stereocenters. The van der Waals surface area contributed by atoms with E-state index in [-0.39, 0.29) is 0 Å². The van der Waals surface area contributed by atoms with Crippen molar-refractivity contribution in [1.29, 1.82) is 0 Å². The lowest BCUT2D eigenvalue weighted by molar-refractivity contribution is 0.391. The number of benzene rings is 1. The van der Waals surface area contributed by atoms with Crippen molar-refractivity contribution in [1.82, 2.24) is 20.4 Å². The maximum Gasteiger partial charge on any atom is 0.233 e. The molecule has 4 rings (SSSR count). The van der Waals surface area contributed by atoms with E-state index in [4.69, 9.17) is 4.74 Å². The fourth-order valence-electron chi connectivity index (χ4n) is 3.49. The smallest absolute Gasteiger partial charge is 0.233 e. The van der Waals surface area contributed by atoms with Crippen molar-refractivity contribution in [2.75, 3.05) is 25.1 Å². The minimum Gasteiger partial charge on any atom is -0.480 e. The number of anilines is 1. The minimum atomic E-state index is 0.498. The van der Waals surface area contributed by atoms with E-state index in [1.165, 1.54) is 17.0 Å². The second kappa shape index (κ2) is 7.56. The Morgan fingerprint density at radius 1 is 1.08 bits per heavy atom. The number of aromatic amines is 1. The van der Waals surface area contributed by atoms with Crippen molar-refractivity contribution in [3.63, 3.8) is 0 Å². The van der Waals surface area contributed by atoms with Crippen molar-refractivity contribution in [3.8, 4) is 5.88 Å². The molecule has 0 saturated carbocycles. The maximum absolute atomic E-state index is 5.07. The average Bonchev–Trinajstić information content (AvgIpc) is 3.17. The molecule has 134 valence electrons. The average molecular weight is 349 g/mol. The Balaban J connectivity index is 1.36. The number of H-pyrrole nitrogens is 1. The number of methoxy groups -OCH3 is 1. The fourth-order valence-corrected chi connectivity index (χ4v) is 3.49. The largest absolute Gasteiger partial charge is 0.480 e. The zero-order valence-corrected chi connectivity index (χ0v) is 14.9. The molecule has 3 heterocycles. The van der Waals surface area contributed by atoms with Crippen LogP contribution in [0.5, 0.6) is 5.88 Å². The first-order valence-electron chi connectivity index (χ1n) is 9.02. The van der Waals surface area contributed by atoms with Crippen LogP contribution in [0.4, 0.5) is 5.82 Å². The number of hydrogen-bond acceptors (Lipinski definition) is 5. The number of rotatable bonds is 5. The quantitative estimate of drug-likeness (QED) is 0.766. The third kappa shape index (κ3) is 3.69. The lowest BCUT2D eigenvalue weighted by atomic mass is 9.93. The molecule has 0 amide bonds. The first-order chi connectivity index (χ1) is 12.8. The molecule has 1 saturated heterocycles. The molecule has 3 aromatic rings. The zero-order valence-electron chi connectivity index (χ0n) is 14.9. The van der Waals surface area contributed by atoms with Gasteiger partial charge in [0.2, 0.25) is 5.88 Å². The van der Waals surface area contributed by atoms with Crippen LogP contribution < -0.4 is 9.64 Å². The lowest BCUT2D eigenvalue weighted by Crippen LogP contribution is -2.33. The Morgan fingerprint density at radius 3 is 2.58 bits per heavy atom. The SMILES string of the molecule is COc1ccc(N2CCC(c3cc(Cc4ccccc4)[nH]n3)CC2)nn1. The van der Waals surface area contributed by atoms with Crippen LogP contribution in [0, 0.1) is 0 Å². The van der Waals surface area contributed by atoms with E-state index in [0.29, 0.717) is 11.8 Å². The molecule has 1 aliphatic rings. The Bertz CT molecular complexity index is 823. The molecule has 2 aromatic heterocycles. The number of ether oxygens (including phenoxy) is 1. The Hall–Kier alpha value is -2.89. The van der Waals surface area contributed by atoms with Crippen molar-refractivity contribution in [2.24, 2.45) is 0 Å². The Kier molecular flexibility index (Phi) is 4.82. The molecule has 1 N–H and O–H groups in total. The monoisotopic (exact) mass is 349 g/mol. The molecule has 0 spiro atoms. The van der Waals surface area contributed by atoms with Crippen LogP contribution in [0.25, 0.3) is 0 Å². The summed E-state index contributed by atoms with van der Waals surface area (Å²) in [4.78, 5) is 2.28.